The lowest BCUT2D eigenvalue weighted by molar-refractivity contribution is -0.136. The van der Waals surface area contributed by atoms with Gasteiger partial charge in [-0.3, -0.25) is 9.48 Å². The van der Waals surface area contributed by atoms with E-state index in [2.05, 4.69) is 5.10 Å². The lowest BCUT2D eigenvalue weighted by atomic mass is 10.1. The molecule has 4 nitrogen and oxygen atoms in total. The number of hydrogen-bond acceptors (Lipinski definition) is 2. The topological polar surface area (TPSA) is 55.1 Å². The van der Waals surface area contributed by atoms with Crippen molar-refractivity contribution in [1.29, 1.82) is 0 Å². The highest BCUT2D eigenvalue weighted by Crippen LogP contribution is 2.15. The number of rotatable bonds is 4. The molecule has 0 radical (unpaired) electrons. The first-order chi connectivity index (χ1) is 6.56. The van der Waals surface area contributed by atoms with E-state index in [0.29, 0.717) is 0 Å². The first kappa shape index (κ1) is 10.8. The van der Waals surface area contributed by atoms with Gasteiger partial charge in [0.15, 0.2) is 0 Å². The summed E-state index contributed by atoms with van der Waals surface area (Å²) in [6.45, 7) is 6.09. The molecule has 0 fully saturated rings. The summed E-state index contributed by atoms with van der Waals surface area (Å²) in [5.74, 6) is -0.803. The molecule has 14 heavy (non-hydrogen) atoms. The van der Waals surface area contributed by atoms with Crippen LogP contribution in [0.15, 0.2) is 6.20 Å². The van der Waals surface area contributed by atoms with Gasteiger partial charge in [-0.2, -0.15) is 5.10 Å². The molecule has 0 aliphatic carbocycles. The Morgan fingerprint density at radius 1 is 1.64 bits per heavy atom. The molecule has 0 spiro atoms. The van der Waals surface area contributed by atoms with E-state index < -0.39 is 5.97 Å². The van der Waals surface area contributed by atoms with E-state index in [1.807, 2.05) is 25.5 Å². The van der Waals surface area contributed by atoms with Gasteiger partial charge in [0, 0.05) is 17.3 Å². The summed E-state index contributed by atoms with van der Waals surface area (Å²) in [7, 11) is 0. The van der Waals surface area contributed by atoms with Crippen molar-refractivity contribution in [2.45, 2.75) is 39.7 Å². The van der Waals surface area contributed by atoms with Gasteiger partial charge in [-0.15, -0.1) is 0 Å². The highest BCUT2D eigenvalue weighted by atomic mass is 16.4. The van der Waals surface area contributed by atoms with E-state index in [-0.39, 0.29) is 12.5 Å². The van der Waals surface area contributed by atoms with Gasteiger partial charge in [0.1, 0.15) is 0 Å². The molecule has 1 rings (SSSR count). The number of nitrogens with zero attached hydrogens (tertiary/aromatic N) is 2. The first-order valence-corrected chi connectivity index (χ1v) is 4.83. The van der Waals surface area contributed by atoms with E-state index in [4.69, 9.17) is 5.11 Å². The van der Waals surface area contributed by atoms with Crippen LogP contribution in [-0.2, 0) is 17.6 Å². The number of aromatic nitrogens is 2. The predicted molar refractivity (Wildman–Crippen MR) is 53.3 cm³/mol. The minimum atomic E-state index is -0.803. The molecule has 0 bridgehead atoms. The molecule has 0 aliphatic rings. The lowest BCUT2D eigenvalue weighted by Gasteiger charge is -2.10. The van der Waals surface area contributed by atoms with Gasteiger partial charge in [-0.25, -0.2) is 0 Å². The second kappa shape index (κ2) is 4.26. The van der Waals surface area contributed by atoms with Crippen LogP contribution in [0.3, 0.4) is 0 Å². The van der Waals surface area contributed by atoms with Gasteiger partial charge >= 0.3 is 5.97 Å². The predicted octanol–water partition coefficient (Wildman–Crippen LogP) is 1.65. The molecule has 4 heteroatoms. The van der Waals surface area contributed by atoms with Crippen LogP contribution in [0.5, 0.6) is 0 Å². The van der Waals surface area contributed by atoms with Gasteiger partial charge in [0.25, 0.3) is 0 Å². The number of carbonyl (C=O) groups is 1. The second-order valence-corrected chi connectivity index (χ2v) is 3.58. The van der Waals surface area contributed by atoms with Crippen LogP contribution >= 0.6 is 0 Å². The summed E-state index contributed by atoms with van der Waals surface area (Å²) >= 11 is 0. The molecule has 78 valence electrons. The molecule has 1 aromatic rings. The maximum Gasteiger partial charge on any atom is 0.307 e. The van der Waals surface area contributed by atoms with Crippen LogP contribution < -0.4 is 0 Å². The minimum absolute atomic E-state index is 0.0654. The van der Waals surface area contributed by atoms with Gasteiger partial charge in [0.2, 0.25) is 0 Å². The zero-order valence-corrected chi connectivity index (χ0v) is 8.82. The average Bonchev–Trinajstić information content (AvgIpc) is 2.46. The van der Waals surface area contributed by atoms with E-state index in [9.17, 15) is 4.79 Å². The van der Waals surface area contributed by atoms with Crippen molar-refractivity contribution in [3.8, 4) is 0 Å². The molecule has 1 heterocycles. The standard InChI is InChI=1S/C10H16N2O2/c1-4-9-8(5-10(13)14)6-11-12(9)7(2)3/h6-7H,4-5H2,1-3H3,(H,13,14). The van der Waals surface area contributed by atoms with Crippen molar-refractivity contribution >= 4 is 5.97 Å². The third kappa shape index (κ3) is 2.13. The Balaban J connectivity index is 3.01. The van der Waals surface area contributed by atoms with Crippen LogP contribution in [0.1, 0.15) is 38.1 Å². The lowest BCUT2D eigenvalue weighted by Crippen LogP contribution is -2.09. The summed E-state index contributed by atoms with van der Waals surface area (Å²) in [4.78, 5) is 10.6. The highest BCUT2D eigenvalue weighted by Gasteiger charge is 2.13. The minimum Gasteiger partial charge on any atom is -0.481 e. The van der Waals surface area contributed by atoms with E-state index >= 15 is 0 Å². The van der Waals surface area contributed by atoms with Crippen molar-refractivity contribution in [3.05, 3.63) is 17.5 Å². The molecule has 0 saturated carbocycles. The number of hydrogen-bond donors (Lipinski definition) is 1. The third-order valence-corrected chi connectivity index (χ3v) is 2.15. The van der Waals surface area contributed by atoms with Crippen LogP contribution in [-0.4, -0.2) is 20.9 Å². The Morgan fingerprint density at radius 3 is 2.71 bits per heavy atom. The third-order valence-electron chi connectivity index (χ3n) is 2.15. The smallest absolute Gasteiger partial charge is 0.307 e. The Morgan fingerprint density at radius 2 is 2.29 bits per heavy atom. The average molecular weight is 196 g/mol. The zero-order chi connectivity index (χ0) is 10.7. The maximum absolute atomic E-state index is 10.6. The van der Waals surface area contributed by atoms with Gasteiger partial charge in [-0.05, 0) is 20.3 Å². The monoisotopic (exact) mass is 196 g/mol. The summed E-state index contributed by atoms with van der Waals surface area (Å²) < 4.78 is 1.89. The van der Waals surface area contributed by atoms with Crippen molar-refractivity contribution in [2.75, 3.05) is 0 Å². The maximum atomic E-state index is 10.6. The van der Waals surface area contributed by atoms with Gasteiger partial charge < -0.3 is 5.11 Å². The SMILES string of the molecule is CCc1c(CC(=O)O)cnn1C(C)C. The van der Waals surface area contributed by atoms with Crippen LogP contribution in [0.2, 0.25) is 0 Å². The molecular formula is C10H16N2O2. The second-order valence-electron chi connectivity index (χ2n) is 3.58. The van der Waals surface area contributed by atoms with Crippen molar-refractivity contribution < 1.29 is 9.90 Å². The largest absolute Gasteiger partial charge is 0.481 e. The van der Waals surface area contributed by atoms with E-state index in [1.165, 1.54) is 0 Å². The van der Waals surface area contributed by atoms with Crippen LogP contribution in [0, 0.1) is 0 Å². The van der Waals surface area contributed by atoms with Crippen molar-refractivity contribution in [2.24, 2.45) is 0 Å². The molecule has 0 saturated heterocycles. The molecule has 0 unspecified atom stereocenters. The number of carboxylic acids is 1. The molecule has 0 aromatic carbocycles. The Labute approximate surface area is 83.5 Å². The molecule has 0 amide bonds. The van der Waals surface area contributed by atoms with Gasteiger partial charge in [-0.1, -0.05) is 6.92 Å². The Bertz CT molecular complexity index is 329. The number of aliphatic carboxylic acids is 1. The Hall–Kier alpha value is -1.32. The normalized spacial score (nSPS) is 10.9. The molecule has 0 atom stereocenters. The van der Waals surface area contributed by atoms with E-state index in [0.717, 1.165) is 17.7 Å². The quantitative estimate of drug-likeness (QED) is 0.796. The Kier molecular flexibility index (Phi) is 3.28. The van der Waals surface area contributed by atoms with Crippen molar-refractivity contribution in [3.63, 3.8) is 0 Å². The molecule has 1 aromatic heterocycles. The fourth-order valence-corrected chi connectivity index (χ4v) is 1.57. The fraction of sp³-hybridized carbons (Fsp3) is 0.600. The summed E-state index contributed by atoms with van der Waals surface area (Å²) in [5.41, 5.74) is 1.86. The zero-order valence-electron chi connectivity index (χ0n) is 8.82. The molecular weight excluding hydrogens is 180 g/mol. The van der Waals surface area contributed by atoms with Crippen LogP contribution in [0.25, 0.3) is 0 Å². The molecule has 1 N–H and O–H groups in total. The number of carboxylic acid groups (broad SMARTS) is 1. The molecule has 0 aliphatic heterocycles. The fourth-order valence-electron chi connectivity index (χ4n) is 1.57. The summed E-state index contributed by atoms with van der Waals surface area (Å²) in [5, 5.41) is 12.9. The highest BCUT2D eigenvalue weighted by molar-refractivity contribution is 5.70. The summed E-state index contributed by atoms with van der Waals surface area (Å²) in [6.07, 6.45) is 2.55. The first-order valence-electron chi connectivity index (χ1n) is 4.83. The van der Waals surface area contributed by atoms with Crippen LogP contribution in [0.4, 0.5) is 0 Å². The van der Waals surface area contributed by atoms with Crippen molar-refractivity contribution in [1.82, 2.24) is 9.78 Å². The summed E-state index contributed by atoms with van der Waals surface area (Å²) in [6, 6.07) is 0.285. The van der Waals surface area contributed by atoms with Gasteiger partial charge in [0.05, 0.1) is 12.6 Å². The van der Waals surface area contributed by atoms with E-state index in [1.54, 1.807) is 6.20 Å².